The van der Waals surface area contributed by atoms with Crippen LogP contribution in [-0.4, -0.2) is 32.5 Å². The van der Waals surface area contributed by atoms with E-state index in [1.165, 1.54) is 13.2 Å². The lowest BCUT2D eigenvalue weighted by Gasteiger charge is -2.28. The zero-order valence-electron chi connectivity index (χ0n) is 18.0. The van der Waals surface area contributed by atoms with Gasteiger partial charge in [-0.25, -0.2) is 8.42 Å². The van der Waals surface area contributed by atoms with Crippen LogP contribution in [0, 0.1) is 6.92 Å². The maximum absolute atomic E-state index is 13.0. The summed E-state index contributed by atoms with van der Waals surface area (Å²) in [5.74, 6) is -0.374. The summed E-state index contributed by atoms with van der Waals surface area (Å²) in [5.41, 5.74) is 1.87. The standard InChI is InChI=1S/C23H25N3O5S/c1-16-10-12-18(13-11-16)26(32(3,29)30)17(2)22(27)25-21-9-5-4-8-20(21)23(28)24-15-19-7-6-14-31-19/h4-14,17H,15H2,1-3H3,(H,24,28)(H,25,27)/t17-/m1/s1. The second kappa shape index (κ2) is 9.69. The molecule has 0 unspecified atom stereocenters. The molecular weight excluding hydrogens is 430 g/mol. The molecule has 0 saturated heterocycles. The summed E-state index contributed by atoms with van der Waals surface area (Å²) < 4.78 is 31.2. The Balaban J connectivity index is 1.79. The third-order valence-electron chi connectivity index (χ3n) is 4.81. The fourth-order valence-electron chi connectivity index (χ4n) is 3.20. The Kier molecular flexibility index (Phi) is 6.99. The van der Waals surface area contributed by atoms with Gasteiger partial charge in [-0.05, 0) is 50.2 Å². The molecule has 3 aromatic rings. The molecule has 2 N–H and O–H groups in total. The van der Waals surface area contributed by atoms with Crippen LogP contribution >= 0.6 is 0 Å². The van der Waals surface area contributed by atoms with E-state index in [9.17, 15) is 18.0 Å². The summed E-state index contributed by atoms with van der Waals surface area (Å²) >= 11 is 0. The number of nitrogens with one attached hydrogen (secondary N) is 2. The second-order valence-corrected chi connectivity index (χ2v) is 9.23. The van der Waals surface area contributed by atoms with E-state index in [1.807, 2.05) is 6.92 Å². The summed E-state index contributed by atoms with van der Waals surface area (Å²) in [6.07, 6.45) is 2.56. The second-order valence-electron chi connectivity index (χ2n) is 7.37. The normalized spacial score (nSPS) is 12.1. The van der Waals surface area contributed by atoms with Gasteiger partial charge in [0.05, 0.1) is 36.0 Å². The maximum Gasteiger partial charge on any atom is 0.253 e. The molecule has 2 aromatic carbocycles. The number of benzene rings is 2. The van der Waals surface area contributed by atoms with E-state index in [2.05, 4.69) is 10.6 Å². The number of aryl methyl sites for hydroxylation is 1. The molecule has 0 bridgehead atoms. The van der Waals surface area contributed by atoms with Crippen molar-refractivity contribution in [2.75, 3.05) is 15.9 Å². The first-order valence-corrected chi connectivity index (χ1v) is 11.8. The van der Waals surface area contributed by atoms with Crippen LogP contribution in [0.5, 0.6) is 0 Å². The Bertz CT molecular complexity index is 1190. The number of hydrogen-bond acceptors (Lipinski definition) is 5. The van der Waals surface area contributed by atoms with Gasteiger partial charge in [-0.1, -0.05) is 29.8 Å². The van der Waals surface area contributed by atoms with Crippen molar-refractivity contribution in [3.8, 4) is 0 Å². The van der Waals surface area contributed by atoms with Crippen molar-refractivity contribution in [3.05, 3.63) is 83.8 Å². The molecule has 0 fully saturated rings. The SMILES string of the molecule is Cc1ccc(N([C@H](C)C(=O)Nc2ccccc2C(=O)NCc2ccco2)S(C)(=O)=O)cc1. The molecule has 3 rings (SSSR count). The van der Waals surface area contributed by atoms with Gasteiger partial charge in [0.15, 0.2) is 0 Å². The third kappa shape index (κ3) is 5.55. The Hall–Kier alpha value is -3.59. The molecule has 0 saturated carbocycles. The molecule has 32 heavy (non-hydrogen) atoms. The monoisotopic (exact) mass is 455 g/mol. The van der Waals surface area contributed by atoms with Crippen molar-refractivity contribution >= 4 is 33.2 Å². The molecule has 2 amide bonds. The number of para-hydroxylation sites is 1. The van der Waals surface area contributed by atoms with E-state index in [0.29, 0.717) is 11.4 Å². The van der Waals surface area contributed by atoms with E-state index < -0.39 is 27.9 Å². The molecule has 1 heterocycles. The number of amides is 2. The largest absolute Gasteiger partial charge is 0.467 e. The summed E-state index contributed by atoms with van der Waals surface area (Å²) in [4.78, 5) is 25.6. The molecule has 0 aliphatic carbocycles. The summed E-state index contributed by atoms with van der Waals surface area (Å²) in [6, 6.07) is 15.8. The highest BCUT2D eigenvalue weighted by Crippen LogP contribution is 2.23. The minimum Gasteiger partial charge on any atom is -0.467 e. The van der Waals surface area contributed by atoms with Crippen molar-refractivity contribution < 1.29 is 22.4 Å². The van der Waals surface area contributed by atoms with Crippen LogP contribution in [0.2, 0.25) is 0 Å². The number of furan rings is 1. The highest BCUT2D eigenvalue weighted by molar-refractivity contribution is 7.92. The molecule has 0 aliphatic rings. The van der Waals surface area contributed by atoms with Gasteiger partial charge in [0.2, 0.25) is 15.9 Å². The van der Waals surface area contributed by atoms with E-state index in [4.69, 9.17) is 4.42 Å². The number of anilines is 2. The fraction of sp³-hybridized carbons (Fsp3) is 0.217. The van der Waals surface area contributed by atoms with Gasteiger partial charge in [-0.15, -0.1) is 0 Å². The van der Waals surface area contributed by atoms with E-state index in [-0.39, 0.29) is 17.8 Å². The molecular formula is C23H25N3O5S. The van der Waals surface area contributed by atoms with Gasteiger partial charge in [0.1, 0.15) is 11.8 Å². The number of nitrogens with zero attached hydrogens (tertiary/aromatic N) is 1. The fourth-order valence-corrected chi connectivity index (χ4v) is 4.38. The third-order valence-corrected chi connectivity index (χ3v) is 6.05. The molecule has 0 spiro atoms. The Labute approximate surface area is 187 Å². The van der Waals surface area contributed by atoms with Crippen molar-refractivity contribution in [1.29, 1.82) is 0 Å². The molecule has 1 aromatic heterocycles. The van der Waals surface area contributed by atoms with Gasteiger partial charge in [0.25, 0.3) is 5.91 Å². The molecule has 1 atom stereocenters. The highest BCUT2D eigenvalue weighted by atomic mass is 32.2. The van der Waals surface area contributed by atoms with Crippen LogP contribution in [0.25, 0.3) is 0 Å². The lowest BCUT2D eigenvalue weighted by molar-refractivity contribution is -0.116. The van der Waals surface area contributed by atoms with Crippen molar-refractivity contribution in [2.24, 2.45) is 0 Å². The van der Waals surface area contributed by atoms with Crippen LogP contribution < -0.4 is 14.9 Å². The maximum atomic E-state index is 13.0. The average Bonchev–Trinajstić information content (AvgIpc) is 3.26. The lowest BCUT2D eigenvalue weighted by Crippen LogP contribution is -2.45. The Morgan fingerprint density at radius 3 is 2.34 bits per heavy atom. The number of carbonyl (C=O) groups excluding carboxylic acids is 2. The Morgan fingerprint density at radius 2 is 1.72 bits per heavy atom. The summed E-state index contributed by atoms with van der Waals surface area (Å²) in [5, 5.41) is 5.42. The van der Waals surface area contributed by atoms with Gasteiger partial charge in [0, 0.05) is 0 Å². The number of carbonyl (C=O) groups is 2. The van der Waals surface area contributed by atoms with Gasteiger partial charge in [-0.2, -0.15) is 0 Å². The molecule has 8 nitrogen and oxygen atoms in total. The minimum atomic E-state index is -3.74. The number of hydrogen-bond donors (Lipinski definition) is 2. The van der Waals surface area contributed by atoms with Crippen molar-refractivity contribution in [3.63, 3.8) is 0 Å². The summed E-state index contributed by atoms with van der Waals surface area (Å²) in [6.45, 7) is 3.58. The first-order chi connectivity index (χ1) is 15.2. The van der Waals surface area contributed by atoms with Gasteiger partial charge >= 0.3 is 0 Å². The number of rotatable bonds is 8. The van der Waals surface area contributed by atoms with E-state index in [0.717, 1.165) is 16.1 Å². The average molecular weight is 456 g/mol. The van der Waals surface area contributed by atoms with Crippen LogP contribution in [-0.2, 0) is 21.4 Å². The lowest BCUT2D eigenvalue weighted by atomic mass is 10.1. The van der Waals surface area contributed by atoms with E-state index in [1.54, 1.807) is 60.7 Å². The smallest absolute Gasteiger partial charge is 0.253 e. The first kappa shape index (κ1) is 23.1. The minimum absolute atomic E-state index is 0.194. The molecule has 0 aliphatic heterocycles. The molecule has 0 radical (unpaired) electrons. The van der Waals surface area contributed by atoms with Gasteiger partial charge in [-0.3, -0.25) is 13.9 Å². The van der Waals surface area contributed by atoms with E-state index >= 15 is 0 Å². The molecule has 9 heteroatoms. The zero-order valence-corrected chi connectivity index (χ0v) is 18.8. The quantitative estimate of drug-likeness (QED) is 0.542. The first-order valence-electron chi connectivity index (χ1n) is 9.93. The molecule has 168 valence electrons. The van der Waals surface area contributed by atoms with Crippen LogP contribution in [0.3, 0.4) is 0 Å². The predicted molar refractivity (Wildman–Crippen MR) is 123 cm³/mol. The topological polar surface area (TPSA) is 109 Å². The Morgan fingerprint density at radius 1 is 1.03 bits per heavy atom. The van der Waals surface area contributed by atoms with Crippen LogP contribution in [0.15, 0.2) is 71.3 Å². The predicted octanol–water partition coefficient (Wildman–Crippen LogP) is 3.31. The van der Waals surface area contributed by atoms with Crippen molar-refractivity contribution in [1.82, 2.24) is 5.32 Å². The number of sulfonamides is 1. The highest BCUT2D eigenvalue weighted by Gasteiger charge is 2.29. The zero-order chi connectivity index (χ0) is 23.3. The van der Waals surface area contributed by atoms with Crippen LogP contribution in [0.1, 0.15) is 28.6 Å². The summed E-state index contributed by atoms with van der Waals surface area (Å²) in [7, 11) is -3.74. The van der Waals surface area contributed by atoms with Crippen LogP contribution in [0.4, 0.5) is 11.4 Å². The van der Waals surface area contributed by atoms with Gasteiger partial charge < -0.3 is 15.1 Å². The van der Waals surface area contributed by atoms with Crippen molar-refractivity contribution in [2.45, 2.75) is 26.4 Å².